The molecule has 0 radical (unpaired) electrons. The zero-order valence-electron chi connectivity index (χ0n) is 32.6. The van der Waals surface area contributed by atoms with Crippen LogP contribution in [0.2, 0.25) is 0 Å². The number of carbonyl (C=O) groups excluding carboxylic acids is 6. The summed E-state index contributed by atoms with van der Waals surface area (Å²) < 4.78 is 20.5. The first-order valence-corrected chi connectivity index (χ1v) is 17.7. The van der Waals surface area contributed by atoms with Gasteiger partial charge < -0.3 is 40.2 Å². The quantitative estimate of drug-likeness (QED) is 0.0891. The maximum absolute atomic E-state index is 13.1. The topological polar surface area (TPSA) is 187 Å². The van der Waals surface area contributed by atoms with Gasteiger partial charge in [-0.3, -0.25) is 28.8 Å². The zero-order chi connectivity index (χ0) is 39.2. The van der Waals surface area contributed by atoms with Gasteiger partial charge in [0.15, 0.2) is 0 Å². The molecule has 0 aromatic heterocycles. The summed E-state index contributed by atoms with van der Waals surface area (Å²) in [5.41, 5.74) is -0.747. The molecule has 0 heterocycles. The maximum atomic E-state index is 13.1. The lowest BCUT2D eigenvalue weighted by atomic mass is 9.73. The number of ketones is 4. The van der Waals surface area contributed by atoms with Gasteiger partial charge in [0, 0.05) is 59.1 Å². The number of methoxy groups -OCH3 is 4. The van der Waals surface area contributed by atoms with Gasteiger partial charge in [0.2, 0.25) is 58.0 Å². The van der Waals surface area contributed by atoms with Crippen LogP contribution in [0.15, 0.2) is 45.3 Å². The lowest BCUT2D eigenvalue weighted by molar-refractivity contribution is -0.125. The second-order valence-corrected chi connectivity index (χ2v) is 14.2. The molecule has 2 aliphatic rings. The average molecular weight is 731 g/mol. The molecule has 52 heavy (non-hydrogen) atoms. The number of unbranched alkanes of at least 4 members (excludes halogenated alkanes) is 1. The largest absolute Gasteiger partial charge is 0.489 e. The Balaban J connectivity index is 1.57. The molecule has 2 aliphatic carbocycles. The van der Waals surface area contributed by atoms with Crippen LogP contribution in [0.4, 0.5) is 0 Å². The van der Waals surface area contributed by atoms with Crippen molar-refractivity contribution in [3.63, 3.8) is 0 Å². The molecule has 0 spiro atoms. The Morgan fingerprint density at radius 1 is 0.481 bits per heavy atom. The van der Waals surface area contributed by atoms with Crippen molar-refractivity contribution in [2.45, 2.75) is 80.1 Å². The van der Waals surface area contributed by atoms with Crippen molar-refractivity contribution in [2.75, 3.05) is 67.7 Å². The average Bonchev–Trinajstić information content (AvgIpc) is 3.07. The molecule has 0 aliphatic heterocycles. The third-order valence-electron chi connectivity index (χ3n) is 9.16. The van der Waals surface area contributed by atoms with E-state index >= 15 is 0 Å². The molecule has 0 saturated heterocycles. The summed E-state index contributed by atoms with van der Waals surface area (Å²) in [7, 11) is 5.24. The van der Waals surface area contributed by atoms with Crippen LogP contribution in [0.25, 0.3) is 0 Å². The van der Waals surface area contributed by atoms with Gasteiger partial charge in [-0.2, -0.15) is 0 Å². The Bertz CT molecular complexity index is 1400. The molecule has 0 atom stereocenters. The highest BCUT2D eigenvalue weighted by molar-refractivity contribution is 6.24. The highest BCUT2D eigenvalue weighted by Gasteiger charge is 2.43. The second-order valence-electron chi connectivity index (χ2n) is 14.2. The molecule has 0 unspecified atom stereocenters. The number of nitrogens with one attached hydrogen (secondary N) is 4. The standard InChI is InChI=1S/C38H58N4O10/c1-23-27(31(47)35(51-9)33(49-7)29(23)45)37(3,4)21-25(43)41-19-13-17-39-15-11-12-16-40-18-14-20-42-26(44)22-38(5,6)28-24(2)30(46)34(50-8)36(52-10)32(28)48/h39-40H,11-22H2,1-10H3,(H,41,43)(H,42,44). The highest BCUT2D eigenvalue weighted by Crippen LogP contribution is 2.40. The van der Waals surface area contributed by atoms with E-state index < -0.39 is 34.0 Å². The number of carbonyl (C=O) groups is 6. The number of rotatable bonds is 23. The molecule has 14 nitrogen and oxygen atoms in total. The molecule has 0 aromatic carbocycles. The summed E-state index contributed by atoms with van der Waals surface area (Å²) in [6, 6.07) is 0. The molecule has 14 heteroatoms. The Morgan fingerprint density at radius 2 is 0.769 bits per heavy atom. The van der Waals surface area contributed by atoms with Crippen molar-refractivity contribution in [3.05, 3.63) is 45.3 Å². The highest BCUT2D eigenvalue weighted by atomic mass is 16.5. The molecule has 0 bridgehead atoms. The minimum atomic E-state index is -0.886. The first-order chi connectivity index (χ1) is 24.5. The van der Waals surface area contributed by atoms with Crippen molar-refractivity contribution in [1.29, 1.82) is 0 Å². The van der Waals surface area contributed by atoms with Crippen molar-refractivity contribution in [1.82, 2.24) is 21.3 Å². The van der Waals surface area contributed by atoms with E-state index in [0.717, 1.165) is 51.9 Å². The Morgan fingerprint density at radius 3 is 1.08 bits per heavy atom. The monoisotopic (exact) mass is 730 g/mol. The fourth-order valence-corrected chi connectivity index (χ4v) is 6.66. The normalized spacial score (nSPS) is 15.8. The number of allylic oxidation sites excluding steroid dienone is 4. The van der Waals surface area contributed by atoms with E-state index in [1.807, 2.05) is 0 Å². The summed E-state index contributed by atoms with van der Waals surface area (Å²) in [5.74, 6) is -2.69. The van der Waals surface area contributed by atoms with Crippen LogP contribution in [0.1, 0.15) is 80.1 Å². The number of ether oxygens (including phenoxy) is 4. The Labute approximate surface area is 307 Å². The van der Waals surface area contributed by atoms with E-state index in [1.165, 1.54) is 28.4 Å². The van der Waals surface area contributed by atoms with Crippen LogP contribution in [-0.2, 0) is 47.7 Å². The number of hydrogen-bond acceptors (Lipinski definition) is 12. The summed E-state index contributed by atoms with van der Waals surface area (Å²) in [6.07, 6.45) is 3.52. The van der Waals surface area contributed by atoms with Crippen LogP contribution in [-0.4, -0.2) is 103 Å². The van der Waals surface area contributed by atoms with Crippen LogP contribution in [0.5, 0.6) is 0 Å². The fourth-order valence-electron chi connectivity index (χ4n) is 6.66. The molecular weight excluding hydrogens is 672 g/mol. The van der Waals surface area contributed by atoms with E-state index in [4.69, 9.17) is 18.9 Å². The summed E-state index contributed by atoms with van der Waals surface area (Å²) in [5, 5.41) is 12.6. The van der Waals surface area contributed by atoms with Gasteiger partial charge in [-0.05, 0) is 65.7 Å². The Kier molecular flexibility index (Phi) is 16.9. The van der Waals surface area contributed by atoms with Gasteiger partial charge >= 0.3 is 0 Å². The van der Waals surface area contributed by atoms with Crippen molar-refractivity contribution < 1.29 is 47.7 Å². The van der Waals surface area contributed by atoms with Crippen LogP contribution in [0.3, 0.4) is 0 Å². The molecule has 290 valence electrons. The third-order valence-corrected chi connectivity index (χ3v) is 9.16. The lowest BCUT2D eigenvalue weighted by Gasteiger charge is -2.31. The smallest absolute Gasteiger partial charge is 0.228 e. The summed E-state index contributed by atoms with van der Waals surface area (Å²) >= 11 is 0. The predicted molar refractivity (Wildman–Crippen MR) is 195 cm³/mol. The van der Waals surface area contributed by atoms with Crippen LogP contribution < -0.4 is 21.3 Å². The number of hydrogen-bond donors (Lipinski definition) is 4. The Hall–Kier alpha value is -4.30. The van der Waals surface area contributed by atoms with Gasteiger partial charge in [0.1, 0.15) is 0 Å². The van der Waals surface area contributed by atoms with Crippen molar-refractivity contribution in [2.24, 2.45) is 10.8 Å². The van der Waals surface area contributed by atoms with Crippen molar-refractivity contribution in [3.8, 4) is 0 Å². The van der Waals surface area contributed by atoms with E-state index in [9.17, 15) is 28.8 Å². The first kappa shape index (κ1) is 43.9. The minimum Gasteiger partial charge on any atom is -0.489 e. The summed E-state index contributed by atoms with van der Waals surface area (Å²) in [6.45, 7) is 14.3. The van der Waals surface area contributed by atoms with Gasteiger partial charge in [-0.25, -0.2) is 0 Å². The van der Waals surface area contributed by atoms with E-state index in [-0.39, 0.29) is 70.0 Å². The zero-order valence-corrected chi connectivity index (χ0v) is 32.6. The predicted octanol–water partition coefficient (Wildman–Crippen LogP) is 2.74. The van der Waals surface area contributed by atoms with Gasteiger partial charge in [0.25, 0.3) is 0 Å². The first-order valence-electron chi connectivity index (χ1n) is 17.7. The summed E-state index contributed by atoms with van der Waals surface area (Å²) in [4.78, 5) is 77.1. The SMILES string of the molecule is COC1=C(OC)C(=O)C(C(C)(C)CC(=O)NCCCNCCCCNCCCNC(=O)CC(C)(C)C2=C(C)C(=O)C(OC)=C(OC)C2=O)=C(C)C1=O. The van der Waals surface area contributed by atoms with E-state index in [1.54, 1.807) is 41.5 Å². The maximum Gasteiger partial charge on any atom is 0.228 e. The van der Waals surface area contributed by atoms with Crippen LogP contribution in [0, 0.1) is 10.8 Å². The third kappa shape index (κ3) is 11.1. The molecule has 0 saturated carbocycles. The number of amides is 2. The van der Waals surface area contributed by atoms with E-state index in [2.05, 4.69) is 21.3 Å². The van der Waals surface area contributed by atoms with Gasteiger partial charge in [-0.1, -0.05) is 27.7 Å². The second kappa shape index (κ2) is 20.1. The molecule has 0 aromatic rings. The van der Waals surface area contributed by atoms with Crippen molar-refractivity contribution >= 4 is 34.9 Å². The molecule has 2 amide bonds. The van der Waals surface area contributed by atoms with Gasteiger partial charge in [0.05, 0.1) is 28.4 Å². The number of Topliss-reactive ketones (excluding diaryl/α,β-unsaturated/α-hetero) is 4. The molecule has 0 fully saturated rings. The molecule has 2 rings (SSSR count). The van der Waals surface area contributed by atoms with E-state index in [0.29, 0.717) is 13.1 Å². The fraction of sp³-hybridized carbons (Fsp3) is 0.632. The molecule has 4 N–H and O–H groups in total. The molecular formula is C38H58N4O10. The van der Waals surface area contributed by atoms with Crippen LogP contribution >= 0.6 is 0 Å². The minimum absolute atomic E-state index is 0.0385. The van der Waals surface area contributed by atoms with Gasteiger partial charge in [-0.15, -0.1) is 0 Å². The lowest BCUT2D eigenvalue weighted by Crippen LogP contribution is -2.37.